The molecule has 0 aromatic heterocycles. The van der Waals surface area contributed by atoms with E-state index in [2.05, 4.69) is 6.92 Å². The zero-order valence-electron chi connectivity index (χ0n) is 6.82. The van der Waals surface area contributed by atoms with Gasteiger partial charge in [0.1, 0.15) is 0 Å². The molecule has 0 atom stereocenters. The lowest BCUT2D eigenvalue weighted by Crippen LogP contribution is -2.04. The minimum absolute atomic E-state index is 1.04. The van der Waals surface area contributed by atoms with E-state index in [9.17, 15) is 0 Å². The van der Waals surface area contributed by atoms with Gasteiger partial charge in [-0.05, 0) is 32.1 Å². The maximum Gasteiger partial charge on any atom is 0.00696 e. The zero-order chi connectivity index (χ0) is 7.40. The first-order valence-electron chi connectivity index (χ1n) is 4.31. The van der Waals surface area contributed by atoms with E-state index in [0.29, 0.717) is 0 Å². The van der Waals surface area contributed by atoms with Crippen LogP contribution in [0.3, 0.4) is 0 Å². The van der Waals surface area contributed by atoms with Gasteiger partial charge in [0.2, 0.25) is 0 Å². The lowest BCUT2D eigenvalue weighted by Gasteiger charge is -2.15. The van der Waals surface area contributed by atoms with Crippen molar-refractivity contribution in [3.05, 3.63) is 11.3 Å². The highest BCUT2D eigenvalue weighted by Gasteiger charge is 2.07. The average Bonchev–Trinajstić information content (AvgIpc) is 2.05. The fourth-order valence-electron chi connectivity index (χ4n) is 1.55. The van der Waals surface area contributed by atoms with Crippen LogP contribution in [0.2, 0.25) is 0 Å². The Morgan fingerprint density at radius 2 is 1.90 bits per heavy atom. The van der Waals surface area contributed by atoms with Crippen LogP contribution in [0.25, 0.3) is 0 Å². The van der Waals surface area contributed by atoms with Crippen molar-refractivity contribution < 1.29 is 0 Å². The van der Waals surface area contributed by atoms with Crippen LogP contribution in [0.1, 0.15) is 45.4 Å². The molecule has 0 bridgehead atoms. The van der Waals surface area contributed by atoms with Crippen LogP contribution in [0.4, 0.5) is 0 Å². The first-order valence-corrected chi connectivity index (χ1v) is 4.31. The van der Waals surface area contributed by atoms with Crippen molar-refractivity contribution in [1.82, 2.24) is 0 Å². The third kappa shape index (κ3) is 1.76. The van der Waals surface area contributed by atoms with Crippen LogP contribution in [0.15, 0.2) is 11.3 Å². The van der Waals surface area contributed by atoms with Gasteiger partial charge in [0, 0.05) is 5.70 Å². The number of allylic oxidation sites excluding steroid dienone is 2. The number of nitrogens with two attached hydrogens (primary N) is 1. The second-order valence-electron chi connectivity index (χ2n) is 3.04. The molecule has 1 nitrogen and oxygen atoms in total. The van der Waals surface area contributed by atoms with Gasteiger partial charge in [-0.2, -0.15) is 0 Å². The summed E-state index contributed by atoms with van der Waals surface area (Å²) in [5, 5.41) is 0. The third-order valence-electron chi connectivity index (χ3n) is 2.29. The van der Waals surface area contributed by atoms with Crippen LogP contribution < -0.4 is 5.73 Å². The van der Waals surface area contributed by atoms with Crippen LogP contribution in [-0.4, -0.2) is 0 Å². The minimum atomic E-state index is 1.04. The molecule has 10 heavy (non-hydrogen) atoms. The lowest BCUT2D eigenvalue weighted by atomic mass is 9.93. The van der Waals surface area contributed by atoms with Gasteiger partial charge in [-0.3, -0.25) is 0 Å². The van der Waals surface area contributed by atoms with Gasteiger partial charge in [0.05, 0.1) is 0 Å². The molecule has 0 amide bonds. The summed E-state index contributed by atoms with van der Waals surface area (Å²) in [6, 6.07) is 0. The molecule has 0 aliphatic heterocycles. The predicted molar refractivity (Wildman–Crippen MR) is 44.6 cm³/mol. The van der Waals surface area contributed by atoms with Crippen LogP contribution >= 0.6 is 0 Å². The average molecular weight is 139 g/mol. The highest BCUT2D eigenvalue weighted by molar-refractivity contribution is 5.11. The van der Waals surface area contributed by atoms with E-state index >= 15 is 0 Å². The summed E-state index contributed by atoms with van der Waals surface area (Å²) in [4.78, 5) is 0. The molecule has 1 aliphatic carbocycles. The Hall–Kier alpha value is -0.460. The van der Waals surface area contributed by atoms with E-state index in [0.717, 1.165) is 12.1 Å². The van der Waals surface area contributed by atoms with Crippen LogP contribution in [-0.2, 0) is 0 Å². The highest BCUT2D eigenvalue weighted by atomic mass is 14.6. The standard InChI is InChI=1S/C9H17N/c1-2-9(10)8-6-4-3-5-7-8/h2-7,10H2,1H3. The van der Waals surface area contributed by atoms with E-state index in [1.54, 1.807) is 0 Å². The Labute approximate surface area is 63.3 Å². The van der Waals surface area contributed by atoms with Crippen molar-refractivity contribution in [1.29, 1.82) is 0 Å². The van der Waals surface area contributed by atoms with E-state index in [-0.39, 0.29) is 0 Å². The minimum Gasteiger partial charge on any atom is -0.402 e. The molecule has 0 unspecified atom stereocenters. The Balaban J connectivity index is 2.51. The first kappa shape index (κ1) is 7.64. The number of hydrogen-bond donors (Lipinski definition) is 1. The Morgan fingerprint density at radius 3 is 2.40 bits per heavy atom. The predicted octanol–water partition coefficient (Wildman–Crippen LogP) is 2.57. The maximum absolute atomic E-state index is 5.83. The molecular weight excluding hydrogens is 122 g/mol. The molecule has 0 spiro atoms. The van der Waals surface area contributed by atoms with Crippen molar-refractivity contribution in [3.63, 3.8) is 0 Å². The van der Waals surface area contributed by atoms with Crippen molar-refractivity contribution in [2.45, 2.75) is 45.4 Å². The summed E-state index contributed by atoms with van der Waals surface area (Å²) in [7, 11) is 0. The zero-order valence-corrected chi connectivity index (χ0v) is 6.82. The monoisotopic (exact) mass is 139 g/mol. The lowest BCUT2D eigenvalue weighted by molar-refractivity contribution is 0.589. The van der Waals surface area contributed by atoms with E-state index < -0.39 is 0 Å². The molecule has 2 N–H and O–H groups in total. The topological polar surface area (TPSA) is 26.0 Å². The fourth-order valence-corrected chi connectivity index (χ4v) is 1.55. The molecule has 0 aromatic carbocycles. The summed E-state index contributed by atoms with van der Waals surface area (Å²) < 4.78 is 0. The molecule has 0 radical (unpaired) electrons. The normalized spacial score (nSPS) is 19.1. The van der Waals surface area contributed by atoms with Crippen LogP contribution in [0.5, 0.6) is 0 Å². The summed E-state index contributed by atoms with van der Waals surface area (Å²) >= 11 is 0. The summed E-state index contributed by atoms with van der Waals surface area (Å²) in [5.41, 5.74) is 8.52. The van der Waals surface area contributed by atoms with Gasteiger partial charge in [0.15, 0.2) is 0 Å². The molecule has 0 saturated heterocycles. The van der Waals surface area contributed by atoms with Gasteiger partial charge < -0.3 is 5.73 Å². The molecule has 1 aliphatic rings. The van der Waals surface area contributed by atoms with Gasteiger partial charge in [-0.1, -0.05) is 18.9 Å². The van der Waals surface area contributed by atoms with E-state index in [4.69, 9.17) is 5.73 Å². The largest absolute Gasteiger partial charge is 0.402 e. The van der Waals surface area contributed by atoms with Crippen LogP contribution in [0, 0.1) is 0 Å². The molecular formula is C9H17N. The number of hydrogen-bond acceptors (Lipinski definition) is 1. The first-order chi connectivity index (χ1) is 4.84. The Morgan fingerprint density at radius 1 is 1.30 bits per heavy atom. The molecule has 1 saturated carbocycles. The second kappa shape index (κ2) is 3.65. The highest BCUT2D eigenvalue weighted by Crippen LogP contribution is 2.24. The van der Waals surface area contributed by atoms with Crippen molar-refractivity contribution in [3.8, 4) is 0 Å². The summed E-state index contributed by atoms with van der Waals surface area (Å²) in [6.07, 6.45) is 7.68. The van der Waals surface area contributed by atoms with Crippen molar-refractivity contribution in [2.24, 2.45) is 5.73 Å². The molecule has 1 heteroatoms. The Kier molecular flexibility index (Phi) is 2.79. The molecule has 58 valence electrons. The van der Waals surface area contributed by atoms with E-state index in [1.165, 1.54) is 37.7 Å². The van der Waals surface area contributed by atoms with Crippen molar-refractivity contribution >= 4 is 0 Å². The SMILES string of the molecule is CCC(N)=C1CCCCC1. The number of rotatable bonds is 1. The molecule has 1 fully saturated rings. The van der Waals surface area contributed by atoms with Gasteiger partial charge in [-0.25, -0.2) is 0 Å². The maximum atomic E-state index is 5.83. The second-order valence-corrected chi connectivity index (χ2v) is 3.04. The summed E-state index contributed by atoms with van der Waals surface area (Å²) in [6.45, 7) is 2.14. The Bertz CT molecular complexity index is 128. The third-order valence-corrected chi connectivity index (χ3v) is 2.29. The van der Waals surface area contributed by atoms with Gasteiger partial charge in [-0.15, -0.1) is 0 Å². The van der Waals surface area contributed by atoms with Gasteiger partial charge >= 0.3 is 0 Å². The summed E-state index contributed by atoms with van der Waals surface area (Å²) in [5.74, 6) is 0. The molecule has 0 aromatic rings. The molecule has 0 heterocycles. The quantitative estimate of drug-likeness (QED) is 0.593. The fraction of sp³-hybridized carbons (Fsp3) is 0.778. The smallest absolute Gasteiger partial charge is 0.00696 e. The van der Waals surface area contributed by atoms with Gasteiger partial charge in [0.25, 0.3) is 0 Å². The molecule has 1 rings (SSSR count). The van der Waals surface area contributed by atoms with E-state index in [1.807, 2.05) is 0 Å². The van der Waals surface area contributed by atoms with Crippen molar-refractivity contribution in [2.75, 3.05) is 0 Å².